The van der Waals surface area contributed by atoms with E-state index in [0.29, 0.717) is 16.9 Å². The molecule has 0 unspecified atom stereocenters. The summed E-state index contributed by atoms with van der Waals surface area (Å²) < 4.78 is 16.7. The number of aromatic nitrogens is 3. The average Bonchev–Trinajstić information content (AvgIpc) is 3.06. The van der Waals surface area contributed by atoms with E-state index in [1.807, 2.05) is 0 Å². The summed E-state index contributed by atoms with van der Waals surface area (Å²) >= 11 is 0. The zero-order valence-corrected chi connectivity index (χ0v) is 14.0. The van der Waals surface area contributed by atoms with E-state index in [2.05, 4.69) is 20.4 Å². The third kappa shape index (κ3) is 3.06. The number of rotatable bonds is 3. The molecule has 4 rings (SSSR count). The zero-order valence-electron chi connectivity index (χ0n) is 13.1. The molecule has 1 saturated heterocycles. The molecule has 11 nitrogen and oxygen atoms in total. The van der Waals surface area contributed by atoms with Gasteiger partial charge in [0.2, 0.25) is 0 Å². The van der Waals surface area contributed by atoms with Crippen LogP contribution >= 0.6 is 7.60 Å². The Bertz CT molecular complexity index is 1010. The Labute approximate surface area is 146 Å². The summed E-state index contributed by atoms with van der Waals surface area (Å²) in [4.78, 5) is 41.5. The molecule has 4 heterocycles. The summed E-state index contributed by atoms with van der Waals surface area (Å²) in [5.41, 5.74) is 3.31. The number of aliphatic hydroxyl groups excluding tert-OH is 1. The minimum atomic E-state index is -4.31. The highest BCUT2D eigenvalue weighted by molar-refractivity contribution is 7.55. The van der Waals surface area contributed by atoms with E-state index >= 15 is 0 Å². The number of anilines is 2. The molecule has 2 aromatic rings. The average molecular weight is 379 g/mol. The van der Waals surface area contributed by atoms with Crippen LogP contribution in [0, 0.1) is 0 Å². The van der Waals surface area contributed by atoms with Crippen molar-refractivity contribution in [3.8, 4) is 0 Å². The number of nitrogens with one attached hydrogen (secondary N) is 1. The Kier molecular flexibility index (Phi) is 3.98. The Morgan fingerprint density at radius 1 is 1.35 bits per heavy atom. The van der Waals surface area contributed by atoms with Crippen molar-refractivity contribution in [2.45, 2.75) is 24.9 Å². The predicted molar refractivity (Wildman–Crippen MR) is 90.2 cm³/mol. The maximum Gasteiger partial charge on any atom is 0.348 e. The second-order valence-corrected chi connectivity index (χ2v) is 7.35. The number of nitrogens with zero attached hydrogens (tertiary/aromatic N) is 4. The number of ether oxygens (including phenoxy) is 1. The van der Waals surface area contributed by atoms with Crippen molar-refractivity contribution in [3.05, 3.63) is 40.7 Å². The summed E-state index contributed by atoms with van der Waals surface area (Å²) in [6, 6.07) is 2.83. The summed E-state index contributed by atoms with van der Waals surface area (Å²) in [5.74, 6) is 1.14. The van der Waals surface area contributed by atoms with Crippen LogP contribution < -0.4 is 16.0 Å². The van der Waals surface area contributed by atoms with Gasteiger partial charge in [0, 0.05) is 18.3 Å². The van der Waals surface area contributed by atoms with Crippen LogP contribution in [0.3, 0.4) is 0 Å². The van der Waals surface area contributed by atoms with Gasteiger partial charge in [0.15, 0.2) is 17.7 Å². The van der Waals surface area contributed by atoms with E-state index < -0.39 is 31.6 Å². The monoisotopic (exact) mass is 379 g/mol. The summed E-state index contributed by atoms with van der Waals surface area (Å²) in [6.07, 6.45) is 0.164. The quantitative estimate of drug-likeness (QED) is 0.519. The highest BCUT2D eigenvalue weighted by Gasteiger charge is 2.41. The van der Waals surface area contributed by atoms with E-state index in [9.17, 15) is 14.5 Å². The highest BCUT2D eigenvalue weighted by atomic mass is 31.2. The van der Waals surface area contributed by atoms with Gasteiger partial charge in [-0.2, -0.15) is 4.98 Å². The van der Waals surface area contributed by atoms with Crippen molar-refractivity contribution in [2.75, 3.05) is 10.4 Å². The van der Waals surface area contributed by atoms with E-state index in [-0.39, 0.29) is 12.1 Å². The van der Waals surface area contributed by atoms with Crippen molar-refractivity contribution in [1.29, 1.82) is 0 Å². The van der Waals surface area contributed by atoms with Gasteiger partial charge in [-0.15, -0.1) is 0 Å². The van der Waals surface area contributed by atoms with Crippen molar-refractivity contribution >= 4 is 30.1 Å². The Hall–Kier alpha value is -2.43. The molecule has 136 valence electrons. The number of aliphatic hydroxyl groups is 1. The maximum absolute atomic E-state index is 11.6. The minimum Gasteiger partial charge on any atom is -0.388 e. The SMILES string of the molecule is O=c1ccc2c3c(ncnc3n1)N([C@@H]1O[C@H](/C=C/P(=O)(O)O)C[C@H]1O)N2. The van der Waals surface area contributed by atoms with Crippen LogP contribution in [0.2, 0.25) is 0 Å². The normalized spacial score (nSPS) is 25.2. The second-order valence-electron chi connectivity index (χ2n) is 5.87. The van der Waals surface area contributed by atoms with Gasteiger partial charge in [-0.1, -0.05) is 0 Å². The standard InChI is InChI=1S/C14H14N5O6P/c20-9-5-7(3-4-26(22,23)24)25-14(9)19-13-11-8(18-19)1-2-10(21)17-12(11)15-6-16-13/h1-4,6-7,9,14,18,20H,5H2,(H2,22,23,24)/b4-3+/t7-,9-,14-/m1/s1. The molecule has 2 aromatic heterocycles. The molecule has 0 saturated carbocycles. The first kappa shape index (κ1) is 17.0. The second kappa shape index (κ2) is 6.08. The fraction of sp³-hybridized carbons (Fsp3) is 0.286. The van der Waals surface area contributed by atoms with Crippen LogP contribution in [-0.2, 0) is 9.30 Å². The molecular weight excluding hydrogens is 365 g/mol. The smallest absolute Gasteiger partial charge is 0.348 e. The lowest BCUT2D eigenvalue weighted by molar-refractivity contribution is 0.0256. The molecule has 3 atom stereocenters. The van der Waals surface area contributed by atoms with E-state index in [4.69, 9.17) is 14.5 Å². The van der Waals surface area contributed by atoms with Gasteiger partial charge in [-0.05, 0) is 12.1 Å². The first-order valence-electron chi connectivity index (χ1n) is 7.62. The van der Waals surface area contributed by atoms with Crippen molar-refractivity contribution in [2.24, 2.45) is 0 Å². The summed E-state index contributed by atoms with van der Waals surface area (Å²) in [6.45, 7) is 0. The molecule has 0 radical (unpaired) electrons. The fourth-order valence-electron chi connectivity index (χ4n) is 2.96. The molecule has 0 aromatic carbocycles. The van der Waals surface area contributed by atoms with Crippen molar-refractivity contribution in [1.82, 2.24) is 15.0 Å². The molecule has 0 spiro atoms. The molecule has 26 heavy (non-hydrogen) atoms. The molecule has 12 heteroatoms. The predicted octanol–water partition coefficient (Wildman–Crippen LogP) is -0.301. The third-order valence-corrected chi connectivity index (χ3v) is 4.58. The van der Waals surface area contributed by atoms with E-state index in [1.54, 1.807) is 0 Å². The van der Waals surface area contributed by atoms with Gasteiger partial charge >= 0.3 is 7.60 Å². The maximum atomic E-state index is 11.6. The van der Waals surface area contributed by atoms with Gasteiger partial charge in [-0.3, -0.25) is 14.8 Å². The van der Waals surface area contributed by atoms with Crippen LogP contribution in [0.5, 0.6) is 0 Å². The van der Waals surface area contributed by atoms with E-state index in [0.717, 1.165) is 5.82 Å². The molecule has 2 aliphatic rings. The Balaban J connectivity index is 1.67. The minimum absolute atomic E-state index is 0.153. The molecular formula is C14H14N5O6P. The lowest BCUT2D eigenvalue weighted by atomic mass is 10.2. The van der Waals surface area contributed by atoms with Gasteiger partial charge in [0.1, 0.15) is 12.4 Å². The van der Waals surface area contributed by atoms with Crippen LogP contribution in [0.1, 0.15) is 6.42 Å². The third-order valence-electron chi connectivity index (χ3n) is 4.02. The van der Waals surface area contributed by atoms with Gasteiger partial charge in [0.25, 0.3) is 5.56 Å². The molecule has 1 fully saturated rings. The lowest BCUT2D eigenvalue weighted by Crippen LogP contribution is -2.44. The summed E-state index contributed by atoms with van der Waals surface area (Å²) in [7, 11) is -4.31. The largest absolute Gasteiger partial charge is 0.388 e. The topological polar surface area (TPSA) is 158 Å². The number of hydrazine groups is 1. The number of hydrogen-bond acceptors (Lipinski definition) is 9. The van der Waals surface area contributed by atoms with Crippen LogP contribution in [0.15, 0.2) is 35.1 Å². The Morgan fingerprint density at radius 2 is 2.15 bits per heavy atom. The fourth-order valence-corrected chi connectivity index (χ4v) is 3.38. The first-order chi connectivity index (χ1) is 12.3. The zero-order chi connectivity index (χ0) is 18.5. The van der Waals surface area contributed by atoms with Crippen LogP contribution in [0.25, 0.3) is 11.0 Å². The first-order valence-corrected chi connectivity index (χ1v) is 9.30. The molecule has 2 aliphatic heterocycles. The highest BCUT2D eigenvalue weighted by Crippen LogP contribution is 2.40. The van der Waals surface area contributed by atoms with Gasteiger partial charge < -0.3 is 19.6 Å². The number of hydrogen-bond donors (Lipinski definition) is 4. The molecule has 0 aliphatic carbocycles. The molecule has 4 N–H and O–H groups in total. The van der Waals surface area contributed by atoms with Gasteiger partial charge in [0.05, 0.1) is 17.2 Å². The molecule has 0 amide bonds. The molecule has 0 bridgehead atoms. The van der Waals surface area contributed by atoms with Crippen molar-refractivity contribution in [3.63, 3.8) is 0 Å². The lowest BCUT2D eigenvalue weighted by Gasteiger charge is -2.27. The van der Waals surface area contributed by atoms with Gasteiger partial charge in [-0.25, -0.2) is 15.0 Å². The summed E-state index contributed by atoms with van der Waals surface area (Å²) in [5, 5.41) is 12.3. The van der Waals surface area contributed by atoms with Crippen LogP contribution in [-0.4, -0.2) is 48.3 Å². The van der Waals surface area contributed by atoms with Crippen LogP contribution in [0.4, 0.5) is 11.5 Å². The van der Waals surface area contributed by atoms with Crippen molar-refractivity contribution < 1.29 is 24.2 Å². The Morgan fingerprint density at radius 3 is 2.92 bits per heavy atom. The van der Waals surface area contributed by atoms with E-state index in [1.165, 1.54) is 29.5 Å².